The first-order valence-electron chi connectivity index (χ1n) is 5.85. The molecule has 0 aromatic carbocycles. The molecule has 0 spiro atoms. The van der Waals surface area contributed by atoms with Gasteiger partial charge in [0, 0.05) is 41.8 Å². The van der Waals surface area contributed by atoms with Crippen molar-refractivity contribution in [3.8, 4) is 0 Å². The highest BCUT2D eigenvalue weighted by atomic mass is 32.2. The van der Waals surface area contributed by atoms with Crippen molar-refractivity contribution in [3.63, 3.8) is 0 Å². The van der Waals surface area contributed by atoms with Crippen LogP contribution in [0.4, 0.5) is 0 Å². The van der Waals surface area contributed by atoms with Crippen molar-refractivity contribution >= 4 is 22.6 Å². The summed E-state index contributed by atoms with van der Waals surface area (Å²) in [5, 5.41) is 2.71. The van der Waals surface area contributed by atoms with Gasteiger partial charge < -0.3 is 10.2 Å². The summed E-state index contributed by atoms with van der Waals surface area (Å²) in [4.78, 5) is 25.3. The van der Waals surface area contributed by atoms with E-state index >= 15 is 0 Å². The molecular weight excluding hydrogens is 240 g/mol. The Balaban J connectivity index is 2.79. The lowest BCUT2D eigenvalue weighted by Gasteiger charge is -2.29. The molecule has 1 heterocycles. The van der Waals surface area contributed by atoms with Gasteiger partial charge in [0.1, 0.15) is 6.04 Å². The molecule has 6 heteroatoms. The average molecular weight is 260 g/mol. The molecule has 17 heavy (non-hydrogen) atoms. The van der Waals surface area contributed by atoms with Crippen LogP contribution in [0.1, 0.15) is 26.7 Å². The minimum absolute atomic E-state index is 0.0590. The highest BCUT2D eigenvalue weighted by Gasteiger charge is 2.31. The first kappa shape index (κ1) is 14.2. The summed E-state index contributed by atoms with van der Waals surface area (Å²) in [7, 11) is -0.939. The number of carbonyl (C=O) groups is 2. The van der Waals surface area contributed by atoms with Gasteiger partial charge in [0.2, 0.25) is 11.8 Å². The summed E-state index contributed by atoms with van der Waals surface area (Å²) < 4.78 is 11.2. The summed E-state index contributed by atoms with van der Waals surface area (Å²) in [6.07, 6.45) is 2.53. The molecule has 1 fully saturated rings. The van der Waals surface area contributed by atoms with Crippen LogP contribution in [0, 0.1) is 0 Å². The van der Waals surface area contributed by atoms with Crippen molar-refractivity contribution in [1.82, 2.24) is 10.2 Å². The van der Waals surface area contributed by atoms with Crippen LogP contribution in [0.2, 0.25) is 0 Å². The number of rotatable bonds is 4. The van der Waals surface area contributed by atoms with E-state index in [1.54, 1.807) is 11.2 Å². The zero-order valence-corrected chi connectivity index (χ0v) is 11.4. The Labute approximate surface area is 104 Å². The Bertz CT molecular complexity index is 333. The molecule has 1 rings (SSSR count). The maximum absolute atomic E-state index is 12.2. The molecular formula is C11H20N2O3S. The average Bonchev–Trinajstić information content (AvgIpc) is 2.37. The van der Waals surface area contributed by atoms with Crippen LogP contribution in [0.3, 0.4) is 0 Å². The van der Waals surface area contributed by atoms with Gasteiger partial charge >= 0.3 is 0 Å². The number of amides is 2. The molecule has 1 N–H and O–H groups in total. The lowest BCUT2D eigenvalue weighted by Crippen LogP contribution is -2.48. The molecule has 3 atom stereocenters. The van der Waals surface area contributed by atoms with E-state index < -0.39 is 16.8 Å². The highest BCUT2D eigenvalue weighted by molar-refractivity contribution is 7.84. The molecule has 3 unspecified atom stereocenters. The summed E-state index contributed by atoms with van der Waals surface area (Å²) in [5.41, 5.74) is 0. The zero-order chi connectivity index (χ0) is 13.0. The van der Waals surface area contributed by atoms with Crippen LogP contribution in [-0.2, 0) is 20.4 Å². The lowest BCUT2D eigenvalue weighted by molar-refractivity contribution is -0.134. The van der Waals surface area contributed by atoms with E-state index in [9.17, 15) is 13.8 Å². The molecule has 1 aliphatic heterocycles. The van der Waals surface area contributed by atoms with Crippen LogP contribution in [0.15, 0.2) is 0 Å². The van der Waals surface area contributed by atoms with Crippen molar-refractivity contribution in [2.75, 3.05) is 18.6 Å². The molecule has 1 aliphatic rings. The van der Waals surface area contributed by atoms with E-state index in [2.05, 4.69) is 5.32 Å². The van der Waals surface area contributed by atoms with E-state index in [1.807, 2.05) is 13.8 Å². The number of hydrogen-bond donors (Lipinski definition) is 1. The van der Waals surface area contributed by atoms with Gasteiger partial charge in [-0.05, 0) is 13.3 Å². The fraction of sp³-hybridized carbons (Fsp3) is 0.818. The van der Waals surface area contributed by atoms with Crippen LogP contribution in [0.5, 0.6) is 0 Å². The minimum Gasteiger partial charge on any atom is -0.344 e. The third-order valence-electron chi connectivity index (χ3n) is 2.91. The molecule has 5 nitrogen and oxygen atoms in total. The zero-order valence-electron chi connectivity index (χ0n) is 10.6. The summed E-state index contributed by atoms with van der Waals surface area (Å²) in [6, 6.07) is -0.521. The van der Waals surface area contributed by atoms with Gasteiger partial charge in [-0.1, -0.05) is 6.92 Å². The van der Waals surface area contributed by atoms with Gasteiger partial charge in [-0.2, -0.15) is 0 Å². The summed E-state index contributed by atoms with van der Waals surface area (Å²) in [6.45, 7) is 4.16. The summed E-state index contributed by atoms with van der Waals surface area (Å²) in [5.74, 6) is 0.310. The second kappa shape index (κ2) is 6.14. The number of nitrogens with zero attached hydrogens (tertiary/aromatic N) is 1. The Morgan fingerprint density at radius 3 is 2.71 bits per heavy atom. The normalized spacial score (nSPS) is 25.1. The summed E-state index contributed by atoms with van der Waals surface area (Å²) >= 11 is 0. The minimum atomic E-state index is -0.939. The SMILES string of the molecule is CCC1NC(=O)CCN(C(C)CS(C)=O)C1=O. The predicted molar refractivity (Wildman–Crippen MR) is 66.9 cm³/mol. The van der Waals surface area contributed by atoms with Crippen molar-refractivity contribution < 1.29 is 13.8 Å². The van der Waals surface area contributed by atoms with Gasteiger partial charge in [0.05, 0.1) is 0 Å². The van der Waals surface area contributed by atoms with Crippen molar-refractivity contribution in [2.24, 2.45) is 0 Å². The van der Waals surface area contributed by atoms with Gasteiger partial charge in [-0.25, -0.2) is 0 Å². The van der Waals surface area contributed by atoms with Crippen LogP contribution >= 0.6 is 0 Å². The highest BCUT2D eigenvalue weighted by Crippen LogP contribution is 2.11. The number of carbonyl (C=O) groups excluding carboxylic acids is 2. The quantitative estimate of drug-likeness (QED) is 0.766. The maximum Gasteiger partial charge on any atom is 0.245 e. The Morgan fingerprint density at radius 2 is 2.18 bits per heavy atom. The standard InChI is InChI=1S/C11H20N2O3S/c1-4-9-11(15)13(6-5-10(14)12-9)8(2)7-17(3)16/h8-9H,4-7H2,1-3H3,(H,12,14). The Hall–Kier alpha value is -0.910. The van der Waals surface area contributed by atoms with Crippen LogP contribution in [-0.4, -0.2) is 51.6 Å². The molecule has 0 saturated carbocycles. The van der Waals surface area contributed by atoms with E-state index in [0.717, 1.165) is 0 Å². The van der Waals surface area contributed by atoms with E-state index in [0.29, 0.717) is 25.1 Å². The number of hydrogen-bond acceptors (Lipinski definition) is 3. The van der Waals surface area contributed by atoms with Gasteiger partial charge in [-0.15, -0.1) is 0 Å². The Morgan fingerprint density at radius 1 is 1.53 bits per heavy atom. The molecule has 2 amide bonds. The molecule has 0 aliphatic carbocycles. The topological polar surface area (TPSA) is 66.5 Å². The van der Waals surface area contributed by atoms with Crippen molar-refractivity contribution in [2.45, 2.75) is 38.8 Å². The molecule has 98 valence electrons. The lowest BCUT2D eigenvalue weighted by atomic mass is 10.2. The number of nitrogens with one attached hydrogen (secondary N) is 1. The Kier molecular flexibility index (Phi) is 5.11. The predicted octanol–water partition coefficient (Wildman–Crippen LogP) is -0.119. The molecule has 0 bridgehead atoms. The largest absolute Gasteiger partial charge is 0.344 e. The van der Waals surface area contributed by atoms with Crippen molar-refractivity contribution in [3.05, 3.63) is 0 Å². The van der Waals surface area contributed by atoms with Crippen molar-refractivity contribution in [1.29, 1.82) is 0 Å². The van der Waals surface area contributed by atoms with Gasteiger partial charge in [-0.3, -0.25) is 13.8 Å². The smallest absolute Gasteiger partial charge is 0.245 e. The molecule has 0 aromatic rings. The van der Waals surface area contributed by atoms with E-state index in [1.165, 1.54) is 0 Å². The fourth-order valence-corrected chi connectivity index (χ4v) is 2.86. The maximum atomic E-state index is 12.2. The monoisotopic (exact) mass is 260 g/mol. The third kappa shape index (κ3) is 3.80. The van der Waals surface area contributed by atoms with Crippen LogP contribution < -0.4 is 5.32 Å². The van der Waals surface area contributed by atoms with E-state index in [4.69, 9.17) is 0 Å². The first-order valence-corrected chi connectivity index (χ1v) is 7.58. The molecule has 0 radical (unpaired) electrons. The second-order valence-electron chi connectivity index (χ2n) is 4.40. The second-order valence-corrected chi connectivity index (χ2v) is 5.88. The molecule has 0 aromatic heterocycles. The fourth-order valence-electron chi connectivity index (χ4n) is 2.00. The molecule has 1 saturated heterocycles. The van der Waals surface area contributed by atoms with Gasteiger partial charge in [0.15, 0.2) is 0 Å². The van der Waals surface area contributed by atoms with E-state index in [-0.39, 0.29) is 17.9 Å². The first-order chi connectivity index (χ1) is 7.95. The van der Waals surface area contributed by atoms with Crippen LogP contribution in [0.25, 0.3) is 0 Å². The third-order valence-corrected chi connectivity index (χ3v) is 3.86. The van der Waals surface area contributed by atoms with Gasteiger partial charge in [0.25, 0.3) is 0 Å².